The molecule has 2 rings (SSSR count). The van der Waals surface area contributed by atoms with E-state index in [9.17, 15) is 4.39 Å². The Bertz CT molecular complexity index is 568. The van der Waals surface area contributed by atoms with Gasteiger partial charge in [-0.3, -0.25) is 0 Å². The zero-order valence-corrected chi connectivity index (χ0v) is 12.7. The molecule has 2 aromatic rings. The molecule has 1 nitrogen and oxygen atoms in total. The van der Waals surface area contributed by atoms with E-state index >= 15 is 0 Å². The van der Waals surface area contributed by atoms with Gasteiger partial charge in [0.05, 0.1) is 6.04 Å². The maximum absolute atomic E-state index is 13.3. The summed E-state index contributed by atoms with van der Waals surface area (Å²) in [6.45, 7) is 4.15. The molecular formula is C16H17BrFN. The molecule has 1 unspecified atom stereocenters. The molecule has 0 spiro atoms. The summed E-state index contributed by atoms with van der Waals surface area (Å²) in [5, 5.41) is 3.48. The maximum Gasteiger partial charge on any atom is 0.123 e. The van der Waals surface area contributed by atoms with Crippen LogP contribution in [0.3, 0.4) is 0 Å². The van der Waals surface area contributed by atoms with Gasteiger partial charge in [0.25, 0.3) is 0 Å². The highest BCUT2D eigenvalue weighted by molar-refractivity contribution is 9.10. The molecular weight excluding hydrogens is 305 g/mol. The Balaban J connectivity index is 2.26. The van der Waals surface area contributed by atoms with Crippen LogP contribution < -0.4 is 5.32 Å². The van der Waals surface area contributed by atoms with Crippen LogP contribution in [0.25, 0.3) is 0 Å². The van der Waals surface area contributed by atoms with Gasteiger partial charge in [-0.05, 0) is 48.7 Å². The molecule has 0 aliphatic carbocycles. The van der Waals surface area contributed by atoms with Crippen LogP contribution >= 0.6 is 15.9 Å². The van der Waals surface area contributed by atoms with Crippen molar-refractivity contribution in [3.8, 4) is 0 Å². The molecule has 0 heterocycles. The van der Waals surface area contributed by atoms with E-state index < -0.39 is 0 Å². The number of rotatable bonds is 4. The fourth-order valence-electron chi connectivity index (χ4n) is 2.10. The lowest BCUT2D eigenvalue weighted by Gasteiger charge is -2.20. The molecule has 0 bridgehead atoms. The predicted molar refractivity (Wildman–Crippen MR) is 81.9 cm³/mol. The summed E-state index contributed by atoms with van der Waals surface area (Å²) in [5.74, 6) is -0.191. The maximum atomic E-state index is 13.3. The van der Waals surface area contributed by atoms with E-state index in [2.05, 4.69) is 35.1 Å². The molecule has 3 heteroatoms. The fourth-order valence-corrected chi connectivity index (χ4v) is 2.46. The average Bonchev–Trinajstić information content (AvgIpc) is 2.40. The van der Waals surface area contributed by atoms with Crippen molar-refractivity contribution in [2.75, 3.05) is 5.32 Å². The first-order valence-corrected chi connectivity index (χ1v) is 7.18. The second-order valence-corrected chi connectivity index (χ2v) is 5.43. The van der Waals surface area contributed by atoms with Gasteiger partial charge in [0.2, 0.25) is 0 Å². The number of halogens is 2. The van der Waals surface area contributed by atoms with Gasteiger partial charge in [-0.25, -0.2) is 4.39 Å². The summed E-state index contributed by atoms with van der Waals surface area (Å²) in [7, 11) is 0. The minimum Gasteiger partial charge on any atom is -0.378 e. The Morgan fingerprint density at radius 2 is 1.95 bits per heavy atom. The third kappa shape index (κ3) is 3.35. The first-order valence-electron chi connectivity index (χ1n) is 6.39. The van der Waals surface area contributed by atoms with E-state index in [0.717, 1.165) is 27.7 Å². The molecule has 2 aromatic carbocycles. The first kappa shape index (κ1) is 14.1. The summed E-state index contributed by atoms with van der Waals surface area (Å²) in [6.07, 6.45) is 0.898. The van der Waals surface area contributed by atoms with Crippen molar-refractivity contribution < 1.29 is 4.39 Å². The van der Waals surface area contributed by atoms with Crippen molar-refractivity contribution in [2.24, 2.45) is 0 Å². The molecule has 0 aliphatic rings. The zero-order chi connectivity index (χ0) is 13.8. The number of hydrogen-bond donors (Lipinski definition) is 1. The zero-order valence-electron chi connectivity index (χ0n) is 11.1. The summed E-state index contributed by atoms with van der Waals surface area (Å²) in [5.41, 5.74) is 3.21. The monoisotopic (exact) mass is 321 g/mol. The van der Waals surface area contributed by atoms with Crippen LogP contribution in [-0.4, -0.2) is 0 Å². The van der Waals surface area contributed by atoms with Gasteiger partial charge in [0.15, 0.2) is 0 Å². The Labute approximate surface area is 122 Å². The van der Waals surface area contributed by atoms with Crippen molar-refractivity contribution in [1.29, 1.82) is 0 Å². The third-order valence-corrected chi connectivity index (χ3v) is 4.12. The highest BCUT2D eigenvalue weighted by Crippen LogP contribution is 2.28. The molecule has 1 atom stereocenters. The van der Waals surface area contributed by atoms with E-state index in [0.29, 0.717) is 0 Å². The second-order valence-electron chi connectivity index (χ2n) is 4.57. The summed E-state index contributed by atoms with van der Waals surface area (Å²) >= 11 is 3.53. The quantitative estimate of drug-likeness (QED) is 0.788. The summed E-state index contributed by atoms with van der Waals surface area (Å²) < 4.78 is 14.4. The SMILES string of the molecule is CCC(Nc1cccc(Br)c1C)c1cccc(F)c1. The molecule has 1 N–H and O–H groups in total. The number of benzene rings is 2. The number of hydrogen-bond acceptors (Lipinski definition) is 1. The Hall–Kier alpha value is -1.35. The minimum atomic E-state index is -0.191. The van der Waals surface area contributed by atoms with Crippen LogP contribution in [0.2, 0.25) is 0 Å². The van der Waals surface area contributed by atoms with E-state index in [1.807, 2.05) is 24.3 Å². The summed E-state index contributed by atoms with van der Waals surface area (Å²) in [6, 6.07) is 12.9. The Kier molecular flexibility index (Phi) is 4.59. The molecule has 0 aromatic heterocycles. The lowest BCUT2D eigenvalue weighted by Crippen LogP contribution is -2.10. The topological polar surface area (TPSA) is 12.0 Å². The molecule has 0 fully saturated rings. The third-order valence-electron chi connectivity index (χ3n) is 3.26. The number of nitrogens with one attached hydrogen (secondary N) is 1. The molecule has 0 amide bonds. The Morgan fingerprint density at radius 3 is 2.63 bits per heavy atom. The van der Waals surface area contributed by atoms with Crippen LogP contribution in [0.1, 0.15) is 30.5 Å². The van der Waals surface area contributed by atoms with Gasteiger partial charge in [-0.2, -0.15) is 0 Å². The summed E-state index contributed by atoms with van der Waals surface area (Å²) in [4.78, 5) is 0. The first-order chi connectivity index (χ1) is 9.11. The van der Waals surface area contributed by atoms with E-state index in [4.69, 9.17) is 0 Å². The van der Waals surface area contributed by atoms with Gasteiger partial charge >= 0.3 is 0 Å². The van der Waals surface area contributed by atoms with Crippen LogP contribution in [-0.2, 0) is 0 Å². The number of anilines is 1. The predicted octanol–water partition coefficient (Wildman–Crippen LogP) is 5.46. The van der Waals surface area contributed by atoms with Gasteiger partial charge in [0.1, 0.15) is 5.82 Å². The van der Waals surface area contributed by atoms with Crippen molar-refractivity contribution >= 4 is 21.6 Å². The molecule has 0 aliphatic heterocycles. The van der Waals surface area contributed by atoms with Crippen LogP contribution in [0.15, 0.2) is 46.9 Å². The van der Waals surface area contributed by atoms with Crippen LogP contribution in [0.5, 0.6) is 0 Å². The van der Waals surface area contributed by atoms with Crippen molar-refractivity contribution in [3.05, 3.63) is 63.9 Å². The van der Waals surface area contributed by atoms with Crippen molar-refractivity contribution in [1.82, 2.24) is 0 Å². The van der Waals surface area contributed by atoms with Gasteiger partial charge in [-0.1, -0.05) is 41.1 Å². The van der Waals surface area contributed by atoms with Crippen LogP contribution in [0, 0.1) is 12.7 Å². The standard InChI is InChI=1S/C16H17BrFN/c1-3-15(12-6-4-7-13(18)10-12)19-16-9-5-8-14(17)11(16)2/h4-10,15,19H,3H2,1-2H3. The lowest BCUT2D eigenvalue weighted by molar-refractivity contribution is 0.621. The highest BCUT2D eigenvalue weighted by Gasteiger charge is 2.11. The molecule has 0 saturated carbocycles. The van der Waals surface area contributed by atoms with Crippen molar-refractivity contribution in [3.63, 3.8) is 0 Å². The molecule has 0 saturated heterocycles. The van der Waals surface area contributed by atoms with Gasteiger partial charge in [0, 0.05) is 10.2 Å². The Morgan fingerprint density at radius 1 is 1.21 bits per heavy atom. The molecule has 19 heavy (non-hydrogen) atoms. The van der Waals surface area contributed by atoms with E-state index in [1.165, 1.54) is 6.07 Å². The molecule has 0 radical (unpaired) electrons. The second kappa shape index (κ2) is 6.20. The smallest absolute Gasteiger partial charge is 0.123 e. The minimum absolute atomic E-state index is 0.115. The fraction of sp³-hybridized carbons (Fsp3) is 0.250. The van der Waals surface area contributed by atoms with E-state index in [-0.39, 0.29) is 11.9 Å². The molecule has 100 valence electrons. The van der Waals surface area contributed by atoms with E-state index in [1.54, 1.807) is 12.1 Å². The van der Waals surface area contributed by atoms with Gasteiger partial charge in [-0.15, -0.1) is 0 Å². The van der Waals surface area contributed by atoms with Gasteiger partial charge < -0.3 is 5.32 Å². The normalized spacial score (nSPS) is 12.2. The lowest BCUT2D eigenvalue weighted by atomic mass is 10.0. The highest BCUT2D eigenvalue weighted by atomic mass is 79.9. The largest absolute Gasteiger partial charge is 0.378 e. The average molecular weight is 322 g/mol. The van der Waals surface area contributed by atoms with Crippen molar-refractivity contribution in [2.45, 2.75) is 26.3 Å². The van der Waals surface area contributed by atoms with Crippen LogP contribution in [0.4, 0.5) is 10.1 Å².